The van der Waals surface area contributed by atoms with Gasteiger partial charge in [-0.1, -0.05) is 30.3 Å². The molecular weight excluding hydrogens is 400 g/mol. The summed E-state index contributed by atoms with van der Waals surface area (Å²) in [6, 6.07) is 14.0. The van der Waals surface area contributed by atoms with Crippen LogP contribution in [0.4, 0.5) is 0 Å². The van der Waals surface area contributed by atoms with Gasteiger partial charge in [-0.15, -0.1) is 0 Å². The van der Waals surface area contributed by atoms with Gasteiger partial charge in [0.05, 0.1) is 11.1 Å². The average Bonchev–Trinajstić information content (AvgIpc) is 3.41. The van der Waals surface area contributed by atoms with Crippen LogP contribution in [0.5, 0.6) is 0 Å². The molecule has 0 fully saturated rings. The highest BCUT2D eigenvalue weighted by molar-refractivity contribution is 6.50. The van der Waals surface area contributed by atoms with Crippen molar-refractivity contribution in [2.24, 2.45) is 0 Å². The van der Waals surface area contributed by atoms with Gasteiger partial charge >= 0.3 is 0 Å². The molecule has 1 aliphatic heterocycles. The lowest BCUT2D eigenvalue weighted by atomic mass is 9.94. The number of fused-ring (bicyclic) bond motifs is 2. The molecule has 162 valence electrons. The Kier molecular flexibility index (Phi) is 4.94. The van der Waals surface area contributed by atoms with Gasteiger partial charge < -0.3 is 14.5 Å². The molecule has 0 spiro atoms. The number of H-pyrrole nitrogens is 1. The van der Waals surface area contributed by atoms with E-state index in [1.807, 2.05) is 42.7 Å². The zero-order valence-electron chi connectivity index (χ0n) is 18.5. The number of para-hydroxylation sites is 1. The lowest BCUT2D eigenvalue weighted by molar-refractivity contribution is -0.122. The van der Waals surface area contributed by atoms with Gasteiger partial charge in [0.2, 0.25) is 0 Å². The minimum absolute atomic E-state index is 0.342. The zero-order chi connectivity index (χ0) is 22.4. The number of aromatic amines is 1. The molecule has 2 aromatic carbocycles. The summed E-state index contributed by atoms with van der Waals surface area (Å²) < 4.78 is 2.21. The summed E-state index contributed by atoms with van der Waals surface area (Å²) in [5.41, 5.74) is 5.54. The number of carbonyl (C=O) groups is 2. The van der Waals surface area contributed by atoms with Crippen LogP contribution in [0.2, 0.25) is 0 Å². The van der Waals surface area contributed by atoms with Crippen molar-refractivity contribution >= 4 is 44.8 Å². The lowest BCUT2D eigenvalue weighted by Gasteiger charge is -2.10. The first-order valence-corrected chi connectivity index (χ1v) is 10.9. The second-order valence-electron chi connectivity index (χ2n) is 8.64. The number of amides is 2. The van der Waals surface area contributed by atoms with Gasteiger partial charge in [0.15, 0.2) is 0 Å². The van der Waals surface area contributed by atoms with Crippen molar-refractivity contribution in [2.45, 2.75) is 19.9 Å². The van der Waals surface area contributed by atoms with Gasteiger partial charge in [0.1, 0.15) is 0 Å². The van der Waals surface area contributed by atoms with Crippen molar-refractivity contribution < 1.29 is 9.59 Å². The summed E-state index contributed by atoms with van der Waals surface area (Å²) in [5, 5.41) is 4.49. The smallest absolute Gasteiger partial charge is 0.259 e. The van der Waals surface area contributed by atoms with Gasteiger partial charge in [-0.25, -0.2) is 0 Å². The van der Waals surface area contributed by atoms with Crippen molar-refractivity contribution in [3.8, 4) is 0 Å². The number of hydrogen-bond donors (Lipinski definition) is 2. The third kappa shape index (κ3) is 3.24. The molecule has 0 saturated carbocycles. The molecule has 2 N–H and O–H groups in total. The maximum Gasteiger partial charge on any atom is 0.259 e. The molecule has 2 aromatic heterocycles. The van der Waals surface area contributed by atoms with Gasteiger partial charge in [0.25, 0.3) is 11.8 Å². The predicted molar refractivity (Wildman–Crippen MR) is 128 cm³/mol. The van der Waals surface area contributed by atoms with E-state index in [-0.39, 0.29) is 11.8 Å². The summed E-state index contributed by atoms with van der Waals surface area (Å²) >= 11 is 0. The number of benzene rings is 2. The molecule has 0 bridgehead atoms. The Morgan fingerprint density at radius 3 is 2.47 bits per heavy atom. The Labute approximate surface area is 186 Å². The van der Waals surface area contributed by atoms with Crippen molar-refractivity contribution in [2.75, 3.05) is 20.6 Å². The van der Waals surface area contributed by atoms with E-state index < -0.39 is 0 Å². The van der Waals surface area contributed by atoms with Crippen LogP contribution in [0.15, 0.2) is 54.9 Å². The van der Waals surface area contributed by atoms with E-state index in [1.165, 1.54) is 0 Å². The number of nitrogens with zero attached hydrogens (tertiary/aromatic N) is 2. The fraction of sp³-hybridized carbons (Fsp3) is 0.231. The zero-order valence-corrected chi connectivity index (χ0v) is 18.5. The maximum atomic E-state index is 13.1. The van der Waals surface area contributed by atoms with E-state index in [0.29, 0.717) is 11.1 Å². The van der Waals surface area contributed by atoms with E-state index in [4.69, 9.17) is 0 Å². The molecule has 2 amide bonds. The second-order valence-corrected chi connectivity index (χ2v) is 8.64. The first kappa shape index (κ1) is 20.3. The van der Waals surface area contributed by atoms with E-state index in [9.17, 15) is 9.59 Å². The van der Waals surface area contributed by atoms with E-state index in [1.54, 1.807) is 0 Å². The average molecular weight is 427 g/mol. The SMILES string of the molecule is Cc1cccc2c1c(C1=C(c3c[nH]c4ccccc34)C(=O)NC1=O)cn2CCCN(C)C. The molecule has 1 aliphatic rings. The largest absolute Gasteiger partial charge is 0.361 e. The molecule has 4 aromatic rings. The minimum atomic E-state index is -0.350. The number of carbonyl (C=O) groups excluding carboxylic acids is 2. The number of hydrogen-bond acceptors (Lipinski definition) is 3. The van der Waals surface area contributed by atoms with Gasteiger partial charge in [-0.2, -0.15) is 0 Å². The Balaban J connectivity index is 1.74. The first-order chi connectivity index (χ1) is 15.5. The van der Waals surface area contributed by atoms with Crippen LogP contribution in [0.3, 0.4) is 0 Å². The van der Waals surface area contributed by atoms with Crippen LogP contribution in [0.25, 0.3) is 33.0 Å². The molecule has 6 heteroatoms. The Morgan fingerprint density at radius 1 is 0.938 bits per heavy atom. The summed E-state index contributed by atoms with van der Waals surface area (Å²) in [4.78, 5) is 31.4. The van der Waals surface area contributed by atoms with Gasteiger partial charge in [0, 0.05) is 51.9 Å². The van der Waals surface area contributed by atoms with Crippen molar-refractivity contribution in [3.63, 3.8) is 0 Å². The molecule has 0 saturated heterocycles. The summed E-state index contributed by atoms with van der Waals surface area (Å²) in [7, 11) is 4.13. The van der Waals surface area contributed by atoms with Crippen LogP contribution in [0.1, 0.15) is 23.1 Å². The molecule has 5 rings (SSSR count). The van der Waals surface area contributed by atoms with Crippen LogP contribution in [0, 0.1) is 6.92 Å². The van der Waals surface area contributed by atoms with Crippen LogP contribution in [-0.4, -0.2) is 46.9 Å². The van der Waals surface area contributed by atoms with Crippen LogP contribution >= 0.6 is 0 Å². The number of imide groups is 1. The summed E-state index contributed by atoms with van der Waals surface area (Å²) in [6.07, 6.45) is 4.85. The normalized spacial score (nSPS) is 14.4. The monoisotopic (exact) mass is 426 g/mol. The standard InChI is InChI=1S/C26H26N4O2/c1-16-8-6-11-21-22(16)19(15-30(21)13-7-12-29(2)3)24-23(25(31)28-26(24)32)18-14-27-20-10-5-4-9-17(18)20/h4-6,8-11,14-15,27H,7,12-13H2,1-3H3,(H,28,31,32). The third-order valence-corrected chi connectivity index (χ3v) is 6.18. The quantitative estimate of drug-likeness (QED) is 0.459. The fourth-order valence-electron chi connectivity index (χ4n) is 4.71. The molecular formula is C26H26N4O2. The van der Waals surface area contributed by atoms with Crippen LogP contribution in [-0.2, 0) is 16.1 Å². The number of aromatic nitrogens is 2. The molecule has 0 aliphatic carbocycles. The highest BCUT2D eigenvalue weighted by atomic mass is 16.2. The van der Waals surface area contributed by atoms with Gasteiger partial charge in [-0.3, -0.25) is 14.9 Å². The predicted octanol–water partition coefficient (Wildman–Crippen LogP) is 3.95. The lowest BCUT2D eigenvalue weighted by Crippen LogP contribution is -2.22. The Morgan fingerprint density at radius 2 is 1.69 bits per heavy atom. The number of nitrogens with one attached hydrogen (secondary N) is 2. The van der Waals surface area contributed by atoms with Gasteiger partial charge in [-0.05, 0) is 51.7 Å². The maximum absolute atomic E-state index is 13.1. The van der Waals surface area contributed by atoms with Crippen molar-refractivity contribution in [3.05, 3.63) is 71.5 Å². The molecule has 0 unspecified atom stereocenters. The Hall–Kier alpha value is -3.64. The van der Waals surface area contributed by atoms with E-state index in [0.717, 1.165) is 58.0 Å². The molecule has 0 radical (unpaired) electrons. The Bertz CT molecular complexity index is 1400. The van der Waals surface area contributed by atoms with E-state index >= 15 is 0 Å². The van der Waals surface area contributed by atoms with Crippen LogP contribution < -0.4 is 5.32 Å². The van der Waals surface area contributed by atoms with Crippen molar-refractivity contribution in [1.29, 1.82) is 0 Å². The van der Waals surface area contributed by atoms with Crippen molar-refractivity contribution in [1.82, 2.24) is 19.8 Å². The summed E-state index contributed by atoms with van der Waals surface area (Å²) in [5.74, 6) is -0.692. The fourth-order valence-corrected chi connectivity index (χ4v) is 4.71. The topological polar surface area (TPSA) is 70.1 Å². The molecule has 3 heterocycles. The molecule has 32 heavy (non-hydrogen) atoms. The minimum Gasteiger partial charge on any atom is -0.361 e. The highest BCUT2D eigenvalue weighted by Crippen LogP contribution is 2.39. The molecule has 6 nitrogen and oxygen atoms in total. The highest BCUT2D eigenvalue weighted by Gasteiger charge is 2.35. The van der Waals surface area contributed by atoms with E-state index in [2.05, 4.69) is 52.9 Å². The number of aryl methyl sites for hydroxylation is 2. The number of rotatable bonds is 6. The molecule has 0 atom stereocenters. The second kappa shape index (κ2) is 7.80. The summed E-state index contributed by atoms with van der Waals surface area (Å²) in [6.45, 7) is 3.86. The third-order valence-electron chi connectivity index (χ3n) is 6.18. The first-order valence-electron chi connectivity index (χ1n) is 10.9.